The van der Waals surface area contributed by atoms with Crippen LogP contribution in [0, 0.1) is 5.41 Å². The minimum Gasteiger partial charge on any atom is -0.499 e. The van der Waals surface area contributed by atoms with Gasteiger partial charge in [-0.15, -0.1) is 0 Å². The van der Waals surface area contributed by atoms with Crippen molar-refractivity contribution in [3.63, 3.8) is 0 Å². The molecule has 7 heteroatoms. The highest BCUT2D eigenvalue weighted by atomic mass is 16.7. The Kier molecular flexibility index (Phi) is 11.2. The molecule has 1 saturated heterocycles. The van der Waals surface area contributed by atoms with Crippen LogP contribution in [-0.4, -0.2) is 77.0 Å². The van der Waals surface area contributed by atoms with Crippen LogP contribution in [0.2, 0.25) is 0 Å². The van der Waals surface area contributed by atoms with Crippen LogP contribution in [0.25, 0.3) is 0 Å². The highest BCUT2D eigenvalue weighted by molar-refractivity contribution is 4.79. The molecule has 0 saturated carbocycles. The smallest absolute Gasteiger partial charge is 0.146 e. The van der Waals surface area contributed by atoms with E-state index in [2.05, 4.69) is 13.5 Å². The van der Waals surface area contributed by atoms with E-state index in [4.69, 9.17) is 28.4 Å². The Bertz CT molecular complexity index is 322. The van der Waals surface area contributed by atoms with Crippen molar-refractivity contribution < 1.29 is 33.5 Å². The van der Waals surface area contributed by atoms with E-state index in [-0.39, 0.29) is 31.5 Å². The summed E-state index contributed by atoms with van der Waals surface area (Å²) in [5.74, 6) is 0. The van der Waals surface area contributed by atoms with E-state index in [1.807, 2.05) is 6.92 Å². The van der Waals surface area contributed by atoms with Crippen LogP contribution in [0.1, 0.15) is 20.3 Å². The van der Waals surface area contributed by atoms with Gasteiger partial charge in [0, 0.05) is 12.0 Å². The predicted octanol–water partition coefficient (Wildman–Crippen LogP) is 1.35. The highest BCUT2D eigenvalue weighted by Gasteiger charge is 2.32. The van der Waals surface area contributed by atoms with Gasteiger partial charge >= 0.3 is 0 Å². The minimum absolute atomic E-state index is 0.166. The molecule has 0 radical (unpaired) electrons. The van der Waals surface area contributed by atoms with Crippen molar-refractivity contribution in [1.29, 1.82) is 0 Å². The number of ether oxygens (including phenoxy) is 6. The molecule has 0 aliphatic carbocycles. The Morgan fingerprint density at radius 2 is 1.88 bits per heavy atom. The summed E-state index contributed by atoms with van der Waals surface area (Å²) in [6, 6.07) is 0. The summed E-state index contributed by atoms with van der Waals surface area (Å²) in [7, 11) is 0. The summed E-state index contributed by atoms with van der Waals surface area (Å²) in [5, 5.41) is 9.76. The fourth-order valence-electron chi connectivity index (χ4n) is 2.04. The van der Waals surface area contributed by atoms with E-state index in [1.54, 1.807) is 0 Å². The molecular formula is C17H32O7. The van der Waals surface area contributed by atoms with Gasteiger partial charge in [0.25, 0.3) is 0 Å². The summed E-state index contributed by atoms with van der Waals surface area (Å²) in [5.41, 5.74) is -0.287. The molecule has 1 rings (SSSR count). The number of rotatable bonds is 17. The molecule has 1 heterocycles. The van der Waals surface area contributed by atoms with E-state index in [0.717, 1.165) is 13.0 Å². The van der Waals surface area contributed by atoms with Crippen LogP contribution < -0.4 is 0 Å². The molecule has 3 unspecified atom stereocenters. The Morgan fingerprint density at radius 3 is 2.50 bits per heavy atom. The Labute approximate surface area is 144 Å². The maximum atomic E-state index is 9.76. The van der Waals surface area contributed by atoms with Gasteiger partial charge in [0.05, 0.1) is 45.9 Å². The zero-order valence-corrected chi connectivity index (χ0v) is 14.9. The minimum atomic E-state index is -0.692. The molecule has 142 valence electrons. The van der Waals surface area contributed by atoms with Crippen LogP contribution in [0.15, 0.2) is 12.8 Å². The zero-order valence-electron chi connectivity index (χ0n) is 14.9. The van der Waals surface area contributed by atoms with Crippen molar-refractivity contribution in [3.05, 3.63) is 12.8 Å². The quantitative estimate of drug-likeness (QED) is 0.184. The summed E-state index contributed by atoms with van der Waals surface area (Å²) in [4.78, 5) is 0. The normalized spacial score (nSPS) is 20.4. The molecule has 1 N–H and O–H groups in total. The topological polar surface area (TPSA) is 78.9 Å². The molecule has 0 aromatic heterocycles. The monoisotopic (exact) mass is 348 g/mol. The Hall–Kier alpha value is -0.700. The summed E-state index contributed by atoms with van der Waals surface area (Å²) < 4.78 is 32.4. The van der Waals surface area contributed by atoms with Gasteiger partial charge in [-0.25, -0.2) is 0 Å². The van der Waals surface area contributed by atoms with Gasteiger partial charge in [0.15, 0.2) is 0 Å². The van der Waals surface area contributed by atoms with E-state index in [1.165, 1.54) is 6.26 Å². The van der Waals surface area contributed by atoms with Gasteiger partial charge < -0.3 is 33.5 Å². The number of hydrogen-bond donors (Lipinski definition) is 1. The van der Waals surface area contributed by atoms with Crippen LogP contribution in [0.3, 0.4) is 0 Å². The van der Waals surface area contributed by atoms with E-state index >= 15 is 0 Å². The molecule has 7 nitrogen and oxygen atoms in total. The average molecular weight is 348 g/mol. The Morgan fingerprint density at radius 1 is 1.17 bits per heavy atom. The number of aliphatic hydroxyl groups excluding tert-OH is 1. The molecule has 3 atom stereocenters. The lowest BCUT2D eigenvalue weighted by atomic mass is 9.88. The molecule has 24 heavy (non-hydrogen) atoms. The lowest BCUT2D eigenvalue weighted by molar-refractivity contribution is -0.123. The summed E-state index contributed by atoms with van der Waals surface area (Å²) in [6.07, 6.45) is 1.66. The summed E-state index contributed by atoms with van der Waals surface area (Å²) >= 11 is 0. The fourth-order valence-corrected chi connectivity index (χ4v) is 2.04. The predicted molar refractivity (Wildman–Crippen MR) is 88.7 cm³/mol. The largest absolute Gasteiger partial charge is 0.499 e. The third kappa shape index (κ3) is 9.56. The maximum absolute atomic E-state index is 9.76. The van der Waals surface area contributed by atoms with Crippen LogP contribution in [-0.2, 0) is 28.4 Å². The van der Waals surface area contributed by atoms with Crippen LogP contribution in [0.5, 0.6) is 0 Å². The lowest BCUT2D eigenvalue weighted by Gasteiger charge is -2.32. The molecule has 1 fully saturated rings. The van der Waals surface area contributed by atoms with Gasteiger partial charge in [0.2, 0.25) is 0 Å². The van der Waals surface area contributed by atoms with E-state index in [9.17, 15) is 5.11 Å². The highest BCUT2D eigenvalue weighted by Crippen LogP contribution is 2.25. The summed E-state index contributed by atoms with van der Waals surface area (Å²) in [6.45, 7) is 11.4. The standard InChI is InChI=1S/C17H32O7/c1-4-17(13-23-14-20-6-3,12-22-9-16-10-24-16)11-21-8-15(18)7-19-5-2/h5,15-16,18H,2,4,6-14H2,1,3H3. The first-order valence-corrected chi connectivity index (χ1v) is 8.49. The van der Waals surface area contributed by atoms with Gasteiger partial charge in [-0.3, -0.25) is 0 Å². The van der Waals surface area contributed by atoms with Crippen molar-refractivity contribution in [1.82, 2.24) is 0 Å². The number of hydrogen-bond acceptors (Lipinski definition) is 7. The van der Waals surface area contributed by atoms with Crippen molar-refractivity contribution in [2.45, 2.75) is 32.5 Å². The first-order chi connectivity index (χ1) is 11.7. The van der Waals surface area contributed by atoms with Crippen molar-refractivity contribution in [2.24, 2.45) is 5.41 Å². The second-order valence-corrected chi connectivity index (χ2v) is 5.95. The van der Waals surface area contributed by atoms with E-state index in [0.29, 0.717) is 33.0 Å². The maximum Gasteiger partial charge on any atom is 0.146 e. The molecule has 1 aliphatic heterocycles. The third-order valence-corrected chi connectivity index (χ3v) is 3.77. The second-order valence-electron chi connectivity index (χ2n) is 5.95. The van der Waals surface area contributed by atoms with Gasteiger partial charge in [-0.05, 0) is 13.3 Å². The molecule has 0 bridgehead atoms. The average Bonchev–Trinajstić information content (AvgIpc) is 3.40. The van der Waals surface area contributed by atoms with Gasteiger partial charge in [-0.1, -0.05) is 13.5 Å². The molecular weight excluding hydrogens is 316 g/mol. The first-order valence-electron chi connectivity index (χ1n) is 8.49. The van der Waals surface area contributed by atoms with Crippen LogP contribution in [0.4, 0.5) is 0 Å². The van der Waals surface area contributed by atoms with Gasteiger partial charge in [-0.2, -0.15) is 0 Å². The number of aliphatic hydroxyl groups is 1. The van der Waals surface area contributed by atoms with Gasteiger partial charge in [0.1, 0.15) is 25.6 Å². The fraction of sp³-hybridized carbons (Fsp3) is 0.882. The van der Waals surface area contributed by atoms with Crippen LogP contribution >= 0.6 is 0 Å². The lowest BCUT2D eigenvalue weighted by Crippen LogP contribution is -2.38. The van der Waals surface area contributed by atoms with Crippen molar-refractivity contribution in [3.8, 4) is 0 Å². The SMILES string of the molecule is C=COCC(O)COCC(CC)(COCOCC)COCC1CO1. The van der Waals surface area contributed by atoms with Crippen molar-refractivity contribution in [2.75, 3.05) is 59.6 Å². The molecule has 0 aromatic rings. The third-order valence-electron chi connectivity index (χ3n) is 3.77. The zero-order chi connectivity index (χ0) is 17.7. The van der Waals surface area contributed by atoms with E-state index < -0.39 is 6.10 Å². The molecule has 0 spiro atoms. The molecule has 0 aromatic carbocycles. The second kappa shape index (κ2) is 12.6. The molecule has 1 aliphatic rings. The number of epoxide rings is 1. The van der Waals surface area contributed by atoms with Crippen molar-refractivity contribution >= 4 is 0 Å². The molecule has 0 amide bonds. The Balaban J connectivity index is 2.38. The first kappa shape index (κ1) is 21.3.